The molecule has 0 bridgehead atoms. The van der Waals surface area contributed by atoms with Gasteiger partial charge >= 0.3 is 0 Å². The Hall–Kier alpha value is -3.10. The van der Waals surface area contributed by atoms with Crippen molar-refractivity contribution in [2.24, 2.45) is 5.73 Å². The number of nitrogens with one attached hydrogen (secondary N) is 1. The molecule has 2 heterocycles. The van der Waals surface area contributed by atoms with Crippen LogP contribution in [0.3, 0.4) is 0 Å². The van der Waals surface area contributed by atoms with E-state index in [0.717, 1.165) is 22.9 Å². The number of oxazole rings is 1. The first-order valence-corrected chi connectivity index (χ1v) is 8.65. The van der Waals surface area contributed by atoms with E-state index in [1.807, 2.05) is 13.1 Å². The van der Waals surface area contributed by atoms with Crippen LogP contribution in [0.2, 0.25) is 0 Å². The lowest BCUT2D eigenvalue weighted by molar-refractivity contribution is 0.419. The minimum absolute atomic E-state index is 0.448. The number of benzene rings is 2. The largest absolute Gasteiger partial charge is 0.438 e. The van der Waals surface area contributed by atoms with Crippen LogP contribution < -0.4 is 5.73 Å². The maximum Gasteiger partial charge on any atom is 0.219 e. The fraction of sp³-hybridized carbons (Fsp3) is 0.238. The van der Waals surface area contributed by atoms with E-state index in [-0.39, 0.29) is 0 Å². The SMILES string of the molecule is CCc1cc(C)c2[nH]ccc2c1C(C)(N)c1nc2cc(C#N)ccc2o1. The average Bonchev–Trinajstić information content (AvgIpc) is 3.27. The number of aryl methyl sites for hydroxylation is 2. The molecule has 2 aromatic carbocycles. The van der Waals surface area contributed by atoms with Gasteiger partial charge in [0.25, 0.3) is 0 Å². The molecule has 2 aromatic heterocycles. The molecule has 1 atom stereocenters. The first-order chi connectivity index (χ1) is 12.5. The van der Waals surface area contributed by atoms with E-state index in [0.29, 0.717) is 22.6 Å². The molecule has 1 unspecified atom stereocenters. The summed E-state index contributed by atoms with van der Waals surface area (Å²) in [5.74, 6) is 0.448. The third kappa shape index (κ3) is 2.31. The van der Waals surface area contributed by atoms with Crippen molar-refractivity contribution < 1.29 is 4.42 Å². The zero-order valence-corrected chi connectivity index (χ0v) is 15.1. The minimum Gasteiger partial charge on any atom is -0.438 e. The van der Waals surface area contributed by atoms with Crippen molar-refractivity contribution in [1.29, 1.82) is 5.26 Å². The molecule has 4 aromatic rings. The summed E-state index contributed by atoms with van der Waals surface area (Å²) >= 11 is 0. The molecule has 5 heteroatoms. The van der Waals surface area contributed by atoms with Crippen LogP contribution in [0.15, 0.2) is 40.9 Å². The monoisotopic (exact) mass is 344 g/mol. The standard InChI is InChI=1S/C21H20N4O/c1-4-14-9-12(2)19-15(7-8-24-19)18(14)21(3,23)20-25-16-10-13(11-22)5-6-17(16)26-20/h5-10,24H,4,23H2,1-3H3. The van der Waals surface area contributed by atoms with Gasteiger partial charge in [-0.1, -0.05) is 13.0 Å². The van der Waals surface area contributed by atoms with Gasteiger partial charge in [0, 0.05) is 17.1 Å². The van der Waals surface area contributed by atoms with Crippen molar-refractivity contribution in [3.63, 3.8) is 0 Å². The molecule has 130 valence electrons. The molecular formula is C21H20N4O. The lowest BCUT2D eigenvalue weighted by atomic mass is 9.84. The molecule has 0 radical (unpaired) electrons. The van der Waals surface area contributed by atoms with Gasteiger partial charge < -0.3 is 15.1 Å². The fourth-order valence-corrected chi connectivity index (χ4v) is 3.70. The van der Waals surface area contributed by atoms with Crippen molar-refractivity contribution in [2.45, 2.75) is 32.7 Å². The van der Waals surface area contributed by atoms with Gasteiger partial charge in [0.1, 0.15) is 11.1 Å². The van der Waals surface area contributed by atoms with Crippen molar-refractivity contribution in [3.05, 3.63) is 64.7 Å². The van der Waals surface area contributed by atoms with Crippen molar-refractivity contribution in [2.75, 3.05) is 0 Å². The number of nitriles is 1. The maximum absolute atomic E-state index is 9.09. The number of H-pyrrole nitrogens is 1. The summed E-state index contributed by atoms with van der Waals surface area (Å²) in [5, 5.41) is 10.2. The minimum atomic E-state index is -0.898. The van der Waals surface area contributed by atoms with Crippen LogP contribution in [0, 0.1) is 18.3 Å². The highest BCUT2D eigenvalue weighted by Gasteiger charge is 2.34. The van der Waals surface area contributed by atoms with E-state index in [4.69, 9.17) is 15.4 Å². The van der Waals surface area contributed by atoms with Crippen LogP contribution in [0.1, 0.15) is 42.0 Å². The third-order valence-electron chi connectivity index (χ3n) is 4.98. The van der Waals surface area contributed by atoms with Crippen LogP contribution in [-0.4, -0.2) is 9.97 Å². The Balaban J connectivity index is 1.97. The van der Waals surface area contributed by atoms with Crippen LogP contribution in [0.25, 0.3) is 22.0 Å². The van der Waals surface area contributed by atoms with E-state index in [1.54, 1.807) is 18.2 Å². The number of rotatable bonds is 3. The second-order valence-corrected chi connectivity index (χ2v) is 6.86. The van der Waals surface area contributed by atoms with Crippen LogP contribution in [0.5, 0.6) is 0 Å². The Morgan fingerprint density at radius 3 is 2.85 bits per heavy atom. The van der Waals surface area contributed by atoms with E-state index in [2.05, 4.69) is 42.0 Å². The average molecular weight is 344 g/mol. The number of nitrogens with zero attached hydrogens (tertiary/aromatic N) is 2. The van der Waals surface area contributed by atoms with Gasteiger partial charge in [-0.2, -0.15) is 5.26 Å². The molecule has 5 nitrogen and oxygen atoms in total. The maximum atomic E-state index is 9.09. The molecule has 0 spiro atoms. The molecule has 0 aliphatic heterocycles. The zero-order valence-electron chi connectivity index (χ0n) is 15.1. The highest BCUT2D eigenvalue weighted by atomic mass is 16.3. The number of nitrogens with two attached hydrogens (primary N) is 1. The Morgan fingerprint density at radius 1 is 1.31 bits per heavy atom. The molecule has 0 saturated carbocycles. The fourth-order valence-electron chi connectivity index (χ4n) is 3.70. The highest BCUT2D eigenvalue weighted by Crippen LogP contribution is 2.37. The predicted octanol–water partition coefficient (Wildman–Crippen LogP) is 4.27. The van der Waals surface area contributed by atoms with Crippen molar-refractivity contribution >= 4 is 22.0 Å². The quantitative estimate of drug-likeness (QED) is 0.580. The second-order valence-electron chi connectivity index (χ2n) is 6.86. The van der Waals surface area contributed by atoms with Gasteiger partial charge in [-0.15, -0.1) is 0 Å². The van der Waals surface area contributed by atoms with Gasteiger partial charge in [0.2, 0.25) is 5.89 Å². The molecule has 4 rings (SSSR count). The normalized spacial score (nSPS) is 13.8. The number of aromatic nitrogens is 2. The van der Waals surface area contributed by atoms with Crippen LogP contribution in [0.4, 0.5) is 0 Å². The number of aromatic amines is 1. The van der Waals surface area contributed by atoms with E-state index in [9.17, 15) is 0 Å². The van der Waals surface area contributed by atoms with E-state index >= 15 is 0 Å². The summed E-state index contributed by atoms with van der Waals surface area (Å²) in [6, 6.07) is 11.6. The molecule has 3 N–H and O–H groups in total. The van der Waals surface area contributed by atoms with E-state index in [1.165, 1.54) is 11.1 Å². The molecular weight excluding hydrogens is 324 g/mol. The van der Waals surface area contributed by atoms with Gasteiger partial charge in [0.05, 0.1) is 11.6 Å². The molecule has 0 saturated heterocycles. The Kier molecular flexibility index (Phi) is 3.60. The summed E-state index contributed by atoms with van der Waals surface area (Å²) < 4.78 is 5.99. The third-order valence-corrected chi connectivity index (χ3v) is 4.98. The van der Waals surface area contributed by atoms with Gasteiger partial charge in [-0.3, -0.25) is 0 Å². The van der Waals surface area contributed by atoms with Crippen molar-refractivity contribution in [1.82, 2.24) is 9.97 Å². The zero-order chi connectivity index (χ0) is 18.5. The first-order valence-electron chi connectivity index (χ1n) is 8.65. The van der Waals surface area contributed by atoms with Gasteiger partial charge in [-0.25, -0.2) is 4.98 Å². The predicted molar refractivity (Wildman–Crippen MR) is 102 cm³/mol. The number of hydrogen-bond acceptors (Lipinski definition) is 4. The second kappa shape index (κ2) is 5.72. The highest BCUT2D eigenvalue weighted by molar-refractivity contribution is 5.88. The summed E-state index contributed by atoms with van der Waals surface area (Å²) in [5.41, 5.74) is 12.2. The lowest BCUT2D eigenvalue weighted by Crippen LogP contribution is -2.36. The number of hydrogen-bond donors (Lipinski definition) is 2. The van der Waals surface area contributed by atoms with Crippen LogP contribution in [-0.2, 0) is 12.0 Å². The summed E-state index contributed by atoms with van der Waals surface area (Å²) in [7, 11) is 0. The smallest absolute Gasteiger partial charge is 0.219 e. The molecule has 0 amide bonds. The van der Waals surface area contributed by atoms with Crippen LogP contribution >= 0.6 is 0 Å². The van der Waals surface area contributed by atoms with Crippen molar-refractivity contribution in [3.8, 4) is 6.07 Å². The number of fused-ring (bicyclic) bond motifs is 2. The van der Waals surface area contributed by atoms with Gasteiger partial charge in [0.15, 0.2) is 5.58 Å². The summed E-state index contributed by atoms with van der Waals surface area (Å²) in [4.78, 5) is 7.91. The molecule has 26 heavy (non-hydrogen) atoms. The van der Waals surface area contributed by atoms with E-state index < -0.39 is 5.54 Å². The molecule has 0 aliphatic carbocycles. The van der Waals surface area contributed by atoms with Gasteiger partial charge in [-0.05, 0) is 61.2 Å². The summed E-state index contributed by atoms with van der Waals surface area (Å²) in [6.45, 7) is 6.15. The first kappa shape index (κ1) is 16.4. The molecule has 0 aliphatic rings. The topological polar surface area (TPSA) is 91.6 Å². The molecule has 0 fully saturated rings. The lowest BCUT2D eigenvalue weighted by Gasteiger charge is -2.26. The Bertz CT molecular complexity index is 1170. The Morgan fingerprint density at radius 2 is 2.12 bits per heavy atom. The Labute approximate surface area is 151 Å². The summed E-state index contributed by atoms with van der Waals surface area (Å²) in [6.07, 6.45) is 2.80.